The lowest BCUT2D eigenvalue weighted by atomic mass is 9.70. The van der Waals surface area contributed by atoms with Gasteiger partial charge in [0.25, 0.3) is 0 Å². The van der Waals surface area contributed by atoms with Crippen LogP contribution in [0, 0.1) is 5.41 Å². The van der Waals surface area contributed by atoms with Gasteiger partial charge in [-0.15, -0.1) is 6.58 Å². The number of hydrogen-bond donors (Lipinski definition) is 0. The van der Waals surface area contributed by atoms with E-state index < -0.39 is 29.0 Å². The molecule has 1 aromatic heterocycles. The first-order valence-electron chi connectivity index (χ1n) is 11.3. The summed E-state index contributed by atoms with van der Waals surface area (Å²) >= 11 is 0. The van der Waals surface area contributed by atoms with Crippen LogP contribution < -0.4 is 10.5 Å². The van der Waals surface area contributed by atoms with Gasteiger partial charge >= 0.3 is 17.6 Å². The van der Waals surface area contributed by atoms with Gasteiger partial charge in [0.15, 0.2) is 5.41 Å². The van der Waals surface area contributed by atoms with Crippen molar-refractivity contribution >= 4 is 28.6 Å². The number of carbonyl (C=O) groups is 2. The topological polar surface area (TPSA) is 86.0 Å². The lowest BCUT2D eigenvalue weighted by Crippen LogP contribution is -2.61. The minimum atomic E-state index is -1.81. The van der Waals surface area contributed by atoms with Crippen LogP contribution >= 0.6 is 0 Å². The summed E-state index contributed by atoms with van der Waals surface area (Å²) in [6.07, 6.45) is 1.35. The monoisotopic (exact) mass is 461 g/mol. The number of hydrogen-bond acceptors (Lipinski definition) is 7. The summed E-state index contributed by atoms with van der Waals surface area (Å²) in [6.45, 7) is 7.77. The molecule has 0 saturated heterocycles. The van der Waals surface area contributed by atoms with Crippen LogP contribution in [0.3, 0.4) is 0 Å². The van der Waals surface area contributed by atoms with Crippen molar-refractivity contribution in [2.45, 2.75) is 32.9 Å². The molecule has 0 saturated carbocycles. The quantitative estimate of drug-likeness (QED) is 0.227. The molecular formula is C27H27NO6. The summed E-state index contributed by atoms with van der Waals surface area (Å²) in [6, 6.07) is 16.0. The largest absolute Gasteiger partial charge is 0.465 e. The van der Waals surface area contributed by atoms with Gasteiger partial charge < -0.3 is 18.8 Å². The van der Waals surface area contributed by atoms with Crippen LogP contribution in [0.15, 0.2) is 76.5 Å². The zero-order valence-electron chi connectivity index (χ0n) is 19.3. The lowest BCUT2D eigenvalue weighted by Gasteiger charge is -2.46. The molecule has 0 N–H and O–H groups in total. The molecule has 176 valence electrons. The maximum absolute atomic E-state index is 13.5. The van der Waals surface area contributed by atoms with Gasteiger partial charge in [0.05, 0.1) is 30.5 Å². The van der Waals surface area contributed by atoms with Crippen molar-refractivity contribution in [1.82, 2.24) is 0 Å². The Bertz CT molecular complexity index is 1260. The first-order valence-corrected chi connectivity index (χ1v) is 11.3. The number of esters is 2. The van der Waals surface area contributed by atoms with E-state index in [9.17, 15) is 14.4 Å². The third-order valence-corrected chi connectivity index (χ3v) is 6.16. The predicted octanol–water partition coefficient (Wildman–Crippen LogP) is 4.02. The van der Waals surface area contributed by atoms with Crippen molar-refractivity contribution in [3.8, 4) is 0 Å². The number of carbonyl (C=O) groups excluding carboxylic acids is 2. The second-order valence-electron chi connectivity index (χ2n) is 8.10. The highest BCUT2D eigenvalue weighted by atomic mass is 16.6. The molecule has 1 aliphatic rings. The minimum Gasteiger partial charge on any atom is -0.465 e. The molecule has 0 radical (unpaired) electrons. The summed E-state index contributed by atoms with van der Waals surface area (Å²) in [4.78, 5) is 42.0. The second-order valence-corrected chi connectivity index (χ2v) is 8.10. The number of anilines is 1. The van der Waals surface area contributed by atoms with Crippen molar-refractivity contribution in [2.75, 3.05) is 18.1 Å². The summed E-state index contributed by atoms with van der Waals surface area (Å²) < 4.78 is 16.3. The highest BCUT2D eigenvalue weighted by Gasteiger charge is 2.59. The standard InChI is InChI=1S/C27H27NO6/c1-4-22-27(25(30)32-5-2,26(31)33-6-3)16-20-23(28(22)17-18-12-8-7-9-13-18)19-14-10-11-15-21(19)34-24(20)29/h4,7-15,22H,1,5-6,16-17H2,2-3H3. The normalized spacial score (nSPS) is 16.5. The number of benzene rings is 2. The Kier molecular flexibility index (Phi) is 6.54. The predicted molar refractivity (Wildman–Crippen MR) is 128 cm³/mol. The molecule has 0 aliphatic carbocycles. The molecule has 0 fully saturated rings. The molecule has 2 heterocycles. The van der Waals surface area contributed by atoms with Crippen LogP contribution in [-0.2, 0) is 32.0 Å². The molecule has 0 spiro atoms. The Labute approximate surface area is 197 Å². The maximum atomic E-state index is 13.5. The second kappa shape index (κ2) is 9.55. The molecule has 7 nitrogen and oxygen atoms in total. The Morgan fingerprint density at radius 1 is 1.06 bits per heavy atom. The van der Waals surface area contributed by atoms with E-state index in [0.717, 1.165) is 5.56 Å². The average Bonchev–Trinajstić information content (AvgIpc) is 2.84. The van der Waals surface area contributed by atoms with Gasteiger partial charge in [0.1, 0.15) is 5.58 Å². The van der Waals surface area contributed by atoms with Crippen LogP contribution in [0.1, 0.15) is 25.0 Å². The third-order valence-electron chi connectivity index (χ3n) is 6.16. The van der Waals surface area contributed by atoms with Gasteiger partial charge in [-0.2, -0.15) is 0 Å². The van der Waals surface area contributed by atoms with Crippen LogP contribution in [0.25, 0.3) is 11.0 Å². The molecule has 1 unspecified atom stereocenters. The van der Waals surface area contributed by atoms with Gasteiger partial charge in [0, 0.05) is 18.4 Å². The fourth-order valence-corrected chi connectivity index (χ4v) is 4.72. The number of ether oxygens (including phenoxy) is 2. The van der Waals surface area contributed by atoms with E-state index in [4.69, 9.17) is 13.9 Å². The van der Waals surface area contributed by atoms with E-state index in [1.54, 1.807) is 32.1 Å². The maximum Gasteiger partial charge on any atom is 0.341 e. The molecule has 0 amide bonds. The first-order chi connectivity index (χ1) is 16.5. The number of fused-ring (bicyclic) bond motifs is 3. The summed E-state index contributed by atoms with van der Waals surface area (Å²) in [5.41, 5.74) is -0.217. The fraction of sp³-hybridized carbons (Fsp3) is 0.296. The van der Waals surface area contributed by atoms with E-state index in [1.807, 2.05) is 47.4 Å². The van der Waals surface area contributed by atoms with E-state index >= 15 is 0 Å². The first kappa shape index (κ1) is 23.3. The third kappa shape index (κ3) is 3.77. The molecule has 1 atom stereocenters. The van der Waals surface area contributed by atoms with E-state index in [0.29, 0.717) is 23.2 Å². The molecule has 7 heteroatoms. The Hall–Kier alpha value is -3.87. The van der Waals surface area contributed by atoms with Gasteiger partial charge in [-0.25, -0.2) is 4.79 Å². The fourth-order valence-electron chi connectivity index (χ4n) is 4.72. The highest BCUT2D eigenvalue weighted by molar-refractivity contribution is 6.05. The van der Waals surface area contributed by atoms with Crippen molar-refractivity contribution in [3.05, 3.63) is 88.8 Å². The molecule has 34 heavy (non-hydrogen) atoms. The SMILES string of the molecule is C=CC1N(Cc2ccccc2)c2c(c(=O)oc3ccccc23)CC1(C(=O)OCC)C(=O)OCC. The van der Waals surface area contributed by atoms with Crippen molar-refractivity contribution < 1.29 is 23.5 Å². The van der Waals surface area contributed by atoms with E-state index in [1.165, 1.54) is 0 Å². The Balaban J connectivity index is 2.04. The van der Waals surface area contributed by atoms with Gasteiger partial charge in [0.2, 0.25) is 0 Å². The number of rotatable bonds is 7. The zero-order chi connectivity index (χ0) is 24.3. The lowest BCUT2D eigenvalue weighted by molar-refractivity contribution is -0.173. The smallest absolute Gasteiger partial charge is 0.341 e. The molecule has 0 bridgehead atoms. The summed E-state index contributed by atoms with van der Waals surface area (Å²) in [7, 11) is 0. The number of nitrogens with zero attached hydrogens (tertiary/aromatic N) is 1. The van der Waals surface area contributed by atoms with Gasteiger partial charge in [-0.3, -0.25) is 9.59 Å². The van der Waals surface area contributed by atoms with E-state index in [2.05, 4.69) is 6.58 Å². The molecule has 3 aromatic rings. The zero-order valence-corrected chi connectivity index (χ0v) is 19.3. The minimum absolute atomic E-state index is 0.0712. The Morgan fingerprint density at radius 3 is 2.29 bits per heavy atom. The molecule has 1 aliphatic heterocycles. The van der Waals surface area contributed by atoms with Crippen molar-refractivity contribution in [2.24, 2.45) is 5.41 Å². The summed E-state index contributed by atoms with van der Waals surface area (Å²) in [5, 5.41) is 0.709. The van der Waals surface area contributed by atoms with Crippen LogP contribution in [-0.4, -0.2) is 31.2 Å². The van der Waals surface area contributed by atoms with E-state index in [-0.39, 0.29) is 25.2 Å². The molecule has 2 aromatic carbocycles. The molecule has 4 rings (SSSR count). The van der Waals surface area contributed by atoms with Crippen LogP contribution in [0.5, 0.6) is 0 Å². The number of para-hydroxylation sites is 1. The van der Waals surface area contributed by atoms with Gasteiger partial charge in [-0.05, 0) is 31.5 Å². The van der Waals surface area contributed by atoms with Crippen molar-refractivity contribution in [3.63, 3.8) is 0 Å². The highest BCUT2D eigenvalue weighted by Crippen LogP contribution is 2.46. The summed E-state index contributed by atoms with van der Waals surface area (Å²) in [5.74, 6) is -1.51. The van der Waals surface area contributed by atoms with Gasteiger partial charge in [-0.1, -0.05) is 48.5 Å². The van der Waals surface area contributed by atoms with Crippen LogP contribution in [0.2, 0.25) is 0 Å². The average molecular weight is 462 g/mol. The van der Waals surface area contributed by atoms with Crippen LogP contribution in [0.4, 0.5) is 5.69 Å². The van der Waals surface area contributed by atoms with Crippen molar-refractivity contribution in [1.29, 1.82) is 0 Å². The Morgan fingerprint density at radius 2 is 1.68 bits per heavy atom. The molecular weight excluding hydrogens is 434 g/mol.